The Morgan fingerprint density at radius 2 is 2.11 bits per heavy atom. The Morgan fingerprint density at radius 1 is 1.25 bits per heavy atom. The van der Waals surface area contributed by atoms with Crippen LogP contribution in [0.1, 0.15) is 35.7 Å². The van der Waals surface area contributed by atoms with Crippen molar-refractivity contribution in [3.05, 3.63) is 77.8 Å². The molecule has 1 aromatic carbocycles. The van der Waals surface area contributed by atoms with Crippen LogP contribution in [-0.4, -0.2) is 40.5 Å². The molecule has 5 heteroatoms. The molecule has 1 aliphatic heterocycles. The minimum Gasteiger partial charge on any atom is -0.466 e. The number of carbonyl (C=O) groups excluding carboxylic acids is 1. The molecular formula is C23H25N3O2. The molecule has 1 unspecified atom stereocenters. The molecule has 1 aliphatic rings. The molecule has 0 amide bonds. The highest BCUT2D eigenvalue weighted by atomic mass is 16.5. The fourth-order valence-corrected chi connectivity index (χ4v) is 3.96. The molecule has 0 saturated carbocycles. The number of nitrogens with zero attached hydrogens (tertiary/aromatic N) is 3. The van der Waals surface area contributed by atoms with Gasteiger partial charge in [-0.3, -0.25) is 4.90 Å². The standard InChI is InChI=1S/C23H25N3O2/c1-28-23(27)12-9-18-7-10-19(11-8-18)21-5-4-14-25(21)16-13-20-17-24-22-6-2-3-15-26(20)22/h2-3,6-12,15,17,21H,4-5,13-14,16H2,1H3/b12-9+. The zero-order chi connectivity index (χ0) is 19.3. The molecule has 3 aromatic rings. The van der Waals surface area contributed by atoms with Crippen molar-refractivity contribution in [3.63, 3.8) is 0 Å². The van der Waals surface area contributed by atoms with Crippen molar-refractivity contribution in [1.29, 1.82) is 0 Å². The molecule has 144 valence electrons. The second-order valence-electron chi connectivity index (χ2n) is 7.15. The number of pyridine rings is 1. The molecule has 0 bridgehead atoms. The van der Waals surface area contributed by atoms with Crippen LogP contribution < -0.4 is 0 Å². The molecule has 4 rings (SSSR count). The number of benzene rings is 1. The first-order valence-electron chi connectivity index (χ1n) is 9.75. The van der Waals surface area contributed by atoms with E-state index in [0.29, 0.717) is 6.04 Å². The molecule has 5 nitrogen and oxygen atoms in total. The molecule has 3 heterocycles. The van der Waals surface area contributed by atoms with Crippen LogP contribution in [0.15, 0.2) is 60.9 Å². The summed E-state index contributed by atoms with van der Waals surface area (Å²) in [5, 5.41) is 0. The van der Waals surface area contributed by atoms with Crippen LogP contribution in [0.25, 0.3) is 11.7 Å². The fraction of sp³-hybridized carbons (Fsp3) is 0.304. The van der Waals surface area contributed by atoms with Crippen molar-refractivity contribution in [1.82, 2.24) is 14.3 Å². The first kappa shape index (κ1) is 18.4. The Bertz CT molecular complexity index is 975. The Balaban J connectivity index is 1.42. The SMILES string of the molecule is COC(=O)/C=C/c1ccc(C2CCCN2CCc2cnc3ccccn23)cc1. The second-order valence-corrected chi connectivity index (χ2v) is 7.15. The summed E-state index contributed by atoms with van der Waals surface area (Å²) in [6.07, 6.45) is 10.7. The number of fused-ring (bicyclic) bond motifs is 1. The lowest BCUT2D eigenvalue weighted by Crippen LogP contribution is -2.26. The third-order valence-corrected chi connectivity index (χ3v) is 5.45. The lowest BCUT2D eigenvalue weighted by molar-refractivity contribution is -0.134. The molecule has 28 heavy (non-hydrogen) atoms. The van der Waals surface area contributed by atoms with Crippen LogP contribution in [0.5, 0.6) is 0 Å². The van der Waals surface area contributed by atoms with E-state index in [9.17, 15) is 4.79 Å². The van der Waals surface area contributed by atoms with Gasteiger partial charge in [-0.05, 0) is 48.7 Å². The van der Waals surface area contributed by atoms with E-state index in [2.05, 4.69) is 49.5 Å². The van der Waals surface area contributed by atoms with Crippen molar-refractivity contribution < 1.29 is 9.53 Å². The van der Waals surface area contributed by atoms with E-state index in [1.807, 2.05) is 24.4 Å². The second kappa shape index (κ2) is 8.40. The van der Waals surface area contributed by atoms with Gasteiger partial charge in [0.25, 0.3) is 0 Å². The van der Waals surface area contributed by atoms with Gasteiger partial charge in [-0.1, -0.05) is 30.3 Å². The number of ether oxygens (including phenoxy) is 1. The maximum absolute atomic E-state index is 11.2. The van der Waals surface area contributed by atoms with Gasteiger partial charge in [0.2, 0.25) is 0 Å². The third-order valence-electron chi connectivity index (χ3n) is 5.45. The summed E-state index contributed by atoms with van der Waals surface area (Å²) in [7, 11) is 1.39. The third kappa shape index (κ3) is 3.99. The molecule has 0 N–H and O–H groups in total. The van der Waals surface area contributed by atoms with Crippen molar-refractivity contribution >= 4 is 17.7 Å². The molecule has 2 aromatic heterocycles. The van der Waals surface area contributed by atoms with Gasteiger partial charge in [0.15, 0.2) is 0 Å². The quantitative estimate of drug-likeness (QED) is 0.484. The summed E-state index contributed by atoms with van der Waals surface area (Å²) >= 11 is 0. The number of hydrogen-bond donors (Lipinski definition) is 0. The fourth-order valence-electron chi connectivity index (χ4n) is 3.96. The monoisotopic (exact) mass is 375 g/mol. The van der Waals surface area contributed by atoms with E-state index in [0.717, 1.165) is 30.7 Å². The molecule has 0 aliphatic carbocycles. The van der Waals surface area contributed by atoms with Gasteiger partial charge >= 0.3 is 5.97 Å². The van der Waals surface area contributed by atoms with Crippen molar-refractivity contribution in [3.8, 4) is 0 Å². The zero-order valence-electron chi connectivity index (χ0n) is 16.1. The Kier molecular flexibility index (Phi) is 5.53. The van der Waals surface area contributed by atoms with Gasteiger partial charge in [0.05, 0.1) is 7.11 Å². The highest BCUT2D eigenvalue weighted by Crippen LogP contribution is 2.32. The van der Waals surface area contributed by atoms with E-state index < -0.39 is 0 Å². The van der Waals surface area contributed by atoms with Gasteiger partial charge in [-0.25, -0.2) is 9.78 Å². The molecule has 1 saturated heterocycles. The number of imidazole rings is 1. The highest BCUT2D eigenvalue weighted by Gasteiger charge is 2.25. The predicted molar refractivity (Wildman–Crippen MR) is 110 cm³/mol. The molecule has 0 radical (unpaired) electrons. The molecular weight excluding hydrogens is 350 g/mol. The van der Waals surface area contributed by atoms with E-state index in [1.165, 1.54) is 37.3 Å². The van der Waals surface area contributed by atoms with Crippen molar-refractivity contribution in [2.75, 3.05) is 20.2 Å². The van der Waals surface area contributed by atoms with E-state index in [4.69, 9.17) is 0 Å². The van der Waals surface area contributed by atoms with Gasteiger partial charge < -0.3 is 9.14 Å². The summed E-state index contributed by atoms with van der Waals surface area (Å²) < 4.78 is 6.81. The van der Waals surface area contributed by atoms with E-state index in [-0.39, 0.29) is 5.97 Å². The summed E-state index contributed by atoms with van der Waals surface area (Å²) in [6.45, 7) is 2.16. The van der Waals surface area contributed by atoms with Gasteiger partial charge in [0.1, 0.15) is 5.65 Å². The molecule has 0 spiro atoms. The van der Waals surface area contributed by atoms with Gasteiger partial charge in [-0.15, -0.1) is 0 Å². The predicted octanol–water partition coefficient (Wildman–Crippen LogP) is 3.90. The maximum atomic E-state index is 11.2. The molecule has 1 fully saturated rings. The van der Waals surface area contributed by atoms with Crippen molar-refractivity contribution in [2.45, 2.75) is 25.3 Å². The van der Waals surface area contributed by atoms with Crippen LogP contribution in [0.3, 0.4) is 0 Å². The smallest absolute Gasteiger partial charge is 0.330 e. The van der Waals surface area contributed by atoms with Gasteiger partial charge in [0, 0.05) is 43.2 Å². The Labute approximate surface area is 165 Å². The number of carbonyl (C=O) groups is 1. The summed E-state index contributed by atoms with van der Waals surface area (Å²) in [5.41, 5.74) is 4.60. The molecule has 1 atom stereocenters. The lowest BCUT2D eigenvalue weighted by Gasteiger charge is -2.24. The first-order chi connectivity index (χ1) is 13.7. The Hall–Kier alpha value is -2.92. The largest absolute Gasteiger partial charge is 0.466 e. The van der Waals surface area contributed by atoms with E-state index >= 15 is 0 Å². The summed E-state index contributed by atoms with van der Waals surface area (Å²) in [6, 6.07) is 15.0. The van der Waals surface area contributed by atoms with Crippen LogP contribution >= 0.6 is 0 Å². The normalized spacial score (nSPS) is 17.5. The van der Waals surface area contributed by atoms with Crippen LogP contribution in [0.2, 0.25) is 0 Å². The number of methoxy groups -OCH3 is 1. The average molecular weight is 375 g/mol. The topological polar surface area (TPSA) is 46.8 Å². The minimum atomic E-state index is -0.335. The lowest BCUT2D eigenvalue weighted by atomic mass is 10.0. The summed E-state index contributed by atoms with van der Waals surface area (Å²) in [5.74, 6) is -0.335. The number of hydrogen-bond acceptors (Lipinski definition) is 4. The van der Waals surface area contributed by atoms with Crippen LogP contribution in [0.4, 0.5) is 0 Å². The average Bonchev–Trinajstić information content (AvgIpc) is 3.37. The first-order valence-corrected chi connectivity index (χ1v) is 9.75. The number of esters is 1. The minimum absolute atomic E-state index is 0.335. The maximum Gasteiger partial charge on any atom is 0.330 e. The van der Waals surface area contributed by atoms with Gasteiger partial charge in [-0.2, -0.15) is 0 Å². The van der Waals surface area contributed by atoms with Crippen LogP contribution in [-0.2, 0) is 16.0 Å². The number of aromatic nitrogens is 2. The Morgan fingerprint density at radius 3 is 2.93 bits per heavy atom. The zero-order valence-corrected chi connectivity index (χ0v) is 16.1. The van der Waals surface area contributed by atoms with Crippen molar-refractivity contribution in [2.24, 2.45) is 0 Å². The highest BCUT2D eigenvalue weighted by molar-refractivity contribution is 5.86. The van der Waals surface area contributed by atoms with E-state index in [1.54, 1.807) is 6.08 Å². The number of rotatable bonds is 6. The number of likely N-dealkylation sites (tertiary alicyclic amines) is 1. The summed E-state index contributed by atoms with van der Waals surface area (Å²) in [4.78, 5) is 18.3. The van der Waals surface area contributed by atoms with Crippen LogP contribution in [0, 0.1) is 0 Å².